The van der Waals surface area contributed by atoms with Gasteiger partial charge in [-0.1, -0.05) is 13.0 Å². The number of aromatic nitrogens is 2. The molecule has 4 nitrogen and oxygen atoms in total. The molecule has 1 N–H and O–H groups in total. The molecule has 2 rings (SSSR count). The van der Waals surface area contributed by atoms with E-state index >= 15 is 0 Å². The fourth-order valence-electron chi connectivity index (χ4n) is 1.75. The lowest BCUT2D eigenvalue weighted by Gasteiger charge is -2.12. The van der Waals surface area contributed by atoms with Crippen molar-refractivity contribution in [3.8, 4) is 11.1 Å². The monoisotopic (exact) mass is 304 g/mol. The topological polar surface area (TPSA) is 62.8 Å². The molecule has 0 aliphatic carbocycles. The Morgan fingerprint density at radius 2 is 2.00 bits per heavy atom. The first-order valence-corrected chi connectivity index (χ1v) is 7.34. The summed E-state index contributed by atoms with van der Waals surface area (Å²) in [6.07, 6.45) is -1.80. The van der Waals surface area contributed by atoms with Gasteiger partial charge in [0.2, 0.25) is 0 Å². The Kier molecular flexibility index (Phi) is 3.59. The van der Waals surface area contributed by atoms with Crippen LogP contribution in [0.1, 0.15) is 12.5 Å². The fraction of sp³-hybridized carbons (Fsp3) is 0.250. The van der Waals surface area contributed by atoms with E-state index in [0.717, 1.165) is 12.1 Å². The average molecular weight is 304 g/mol. The number of alkyl halides is 3. The Hall–Kier alpha value is -1.83. The van der Waals surface area contributed by atoms with Crippen LogP contribution in [0.15, 0.2) is 35.5 Å². The summed E-state index contributed by atoms with van der Waals surface area (Å²) in [5, 5.41) is 6.18. The van der Waals surface area contributed by atoms with E-state index in [1.54, 1.807) is 0 Å². The van der Waals surface area contributed by atoms with Gasteiger partial charge in [-0.3, -0.25) is 5.10 Å². The van der Waals surface area contributed by atoms with Gasteiger partial charge in [-0.2, -0.15) is 18.3 Å². The number of aromatic amines is 1. The van der Waals surface area contributed by atoms with Crippen LogP contribution in [-0.2, 0) is 16.0 Å². The molecule has 0 spiro atoms. The second-order valence-electron chi connectivity index (χ2n) is 4.10. The summed E-state index contributed by atoms with van der Waals surface area (Å²) in [7, 11) is -3.78. The number of hydrogen-bond acceptors (Lipinski definition) is 3. The zero-order valence-electron chi connectivity index (χ0n) is 10.4. The molecule has 1 aromatic heterocycles. The van der Waals surface area contributed by atoms with Crippen LogP contribution < -0.4 is 0 Å². The molecule has 8 heteroatoms. The molecule has 0 fully saturated rings. The van der Waals surface area contributed by atoms with Gasteiger partial charge in [0.1, 0.15) is 0 Å². The molecule has 0 aliphatic heterocycles. The molecule has 0 amide bonds. The number of benzene rings is 1. The Balaban J connectivity index is 2.71. The van der Waals surface area contributed by atoms with Gasteiger partial charge >= 0.3 is 6.18 Å². The van der Waals surface area contributed by atoms with Gasteiger partial charge in [-0.15, -0.1) is 0 Å². The van der Waals surface area contributed by atoms with Gasteiger partial charge in [0, 0.05) is 17.3 Å². The Morgan fingerprint density at radius 1 is 1.30 bits per heavy atom. The second kappa shape index (κ2) is 4.93. The van der Waals surface area contributed by atoms with Gasteiger partial charge in [0.05, 0.1) is 22.4 Å². The van der Waals surface area contributed by atoms with Gasteiger partial charge in [0.25, 0.3) is 0 Å². The number of halogens is 3. The summed E-state index contributed by atoms with van der Waals surface area (Å²) in [5.41, 5.74) is -0.365. The first kappa shape index (κ1) is 14.6. The molecule has 0 bridgehead atoms. The highest BCUT2D eigenvalue weighted by Crippen LogP contribution is 2.35. The molecule has 0 atom stereocenters. The van der Waals surface area contributed by atoms with E-state index < -0.39 is 21.6 Å². The van der Waals surface area contributed by atoms with Crippen molar-refractivity contribution in [1.82, 2.24) is 10.2 Å². The normalized spacial score (nSPS) is 12.6. The van der Waals surface area contributed by atoms with E-state index in [-0.39, 0.29) is 16.2 Å². The lowest BCUT2D eigenvalue weighted by Crippen LogP contribution is -2.10. The van der Waals surface area contributed by atoms with E-state index in [2.05, 4.69) is 10.2 Å². The molecular weight excluding hydrogens is 293 g/mol. The third-order valence-corrected chi connectivity index (χ3v) is 4.60. The van der Waals surface area contributed by atoms with Gasteiger partial charge < -0.3 is 0 Å². The molecule has 108 valence electrons. The van der Waals surface area contributed by atoms with Crippen LogP contribution in [0.2, 0.25) is 0 Å². The summed E-state index contributed by atoms with van der Waals surface area (Å²) < 4.78 is 62.2. The highest BCUT2D eigenvalue weighted by atomic mass is 32.2. The lowest BCUT2D eigenvalue weighted by molar-refractivity contribution is -0.137. The standard InChI is InChI=1S/C12H11F3N2O2S/c1-2-20(18,19)11-5-9(12(13,14)15)3-4-10(11)8-6-16-17-7-8/h3-7H,2H2,1H3,(H,16,17). The molecule has 0 radical (unpaired) electrons. The van der Waals surface area contributed by atoms with Crippen LogP contribution in [0.5, 0.6) is 0 Å². The molecule has 0 aliphatic rings. The number of H-pyrrole nitrogens is 1. The molecule has 1 heterocycles. The summed E-state index contributed by atoms with van der Waals surface area (Å²) in [6, 6.07) is 2.68. The van der Waals surface area contributed by atoms with Crippen molar-refractivity contribution >= 4 is 9.84 Å². The Morgan fingerprint density at radius 3 is 2.50 bits per heavy atom. The maximum Gasteiger partial charge on any atom is 0.416 e. The third-order valence-electron chi connectivity index (χ3n) is 2.83. The smallest absolute Gasteiger partial charge is 0.285 e. The van der Waals surface area contributed by atoms with Crippen LogP contribution in [0.25, 0.3) is 11.1 Å². The summed E-state index contributed by atoms with van der Waals surface area (Å²) in [6.45, 7) is 1.38. The van der Waals surface area contributed by atoms with E-state index in [0.29, 0.717) is 11.6 Å². The minimum atomic E-state index is -4.59. The summed E-state index contributed by atoms with van der Waals surface area (Å²) >= 11 is 0. The molecule has 1 aromatic carbocycles. The van der Waals surface area contributed by atoms with Crippen LogP contribution in [0, 0.1) is 0 Å². The van der Waals surface area contributed by atoms with Gasteiger partial charge in [-0.05, 0) is 12.1 Å². The van der Waals surface area contributed by atoms with Crippen LogP contribution in [-0.4, -0.2) is 24.4 Å². The molecule has 0 saturated heterocycles. The molecular formula is C12H11F3N2O2S. The number of nitrogens with zero attached hydrogens (tertiary/aromatic N) is 1. The fourth-order valence-corrected chi connectivity index (χ4v) is 2.89. The largest absolute Gasteiger partial charge is 0.416 e. The van der Waals surface area contributed by atoms with Crippen LogP contribution in [0.4, 0.5) is 13.2 Å². The zero-order valence-corrected chi connectivity index (χ0v) is 11.2. The first-order chi connectivity index (χ1) is 9.25. The average Bonchev–Trinajstić information content (AvgIpc) is 2.90. The third kappa shape index (κ3) is 2.69. The number of hydrogen-bond donors (Lipinski definition) is 1. The maximum atomic E-state index is 12.7. The van der Waals surface area contributed by atoms with Crippen molar-refractivity contribution < 1.29 is 21.6 Å². The van der Waals surface area contributed by atoms with Gasteiger partial charge in [-0.25, -0.2) is 8.42 Å². The maximum absolute atomic E-state index is 12.7. The minimum absolute atomic E-state index is 0.202. The highest BCUT2D eigenvalue weighted by molar-refractivity contribution is 7.91. The van der Waals surface area contributed by atoms with E-state index in [9.17, 15) is 21.6 Å². The van der Waals surface area contributed by atoms with Crippen LogP contribution in [0.3, 0.4) is 0 Å². The Labute approximate surface area is 113 Å². The minimum Gasteiger partial charge on any atom is -0.285 e. The molecule has 2 aromatic rings. The van der Waals surface area contributed by atoms with E-state index in [1.165, 1.54) is 19.3 Å². The first-order valence-electron chi connectivity index (χ1n) is 5.69. The van der Waals surface area contributed by atoms with Gasteiger partial charge in [0.15, 0.2) is 9.84 Å². The van der Waals surface area contributed by atoms with E-state index in [4.69, 9.17) is 0 Å². The van der Waals surface area contributed by atoms with Crippen molar-refractivity contribution in [2.75, 3.05) is 5.75 Å². The summed E-state index contributed by atoms with van der Waals surface area (Å²) in [4.78, 5) is -0.337. The number of rotatable bonds is 3. The lowest BCUT2D eigenvalue weighted by atomic mass is 10.1. The number of nitrogens with one attached hydrogen (secondary N) is 1. The van der Waals surface area contributed by atoms with Crippen LogP contribution >= 0.6 is 0 Å². The zero-order chi connectivity index (χ0) is 15.0. The molecule has 0 unspecified atom stereocenters. The van der Waals surface area contributed by atoms with Crippen molar-refractivity contribution in [1.29, 1.82) is 0 Å². The molecule has 0 saturated carbocycles. The van der Waals surface area contributed by atoms with E-state index in [1.807, 2.05) is 0 Å². The predicted molar refractivity (Wildman–Crippen MR) is 66.8 cm³/mol. The molecule has 20 heavy (non-hydrogen) atoms. The van der Waals surface area contributed by atoms with Crippen molar-refractivity contribution in [3.63, 3.8) is 0 Å². The second-order valence-corrected chi connectivity index (χ2v) is 6.35. The number of sulfone groups is 1. The predicted octanol–water partition coefficient (Wildman–Crippen LogP) is 2.89. The van der Waals surface area contributed by atoms with Crippen molar-refractivity contribution in [2.45, 2.75) is 18.0 Å². The Bertz CT molecular complexity index is 707. The summed E-state index contributed by atoms with van der Waals surface area (Å²) in [5.74, 6) is -0.279. The quantitative estimate of drug-likeness (QED) is 0.948. The van der Waals surface area contributed by atoms with Crippen molar-refractivity contribution in [2.24, 2.45) is 0 Å². The van der Waals surface area contributed by atoms with Crippen molar-refractivity contribution in [3.05, 3.63) is 36.2 Å². The highest BCUT2D eigenvalue weighted by Gasteiger charge is 2.32. The SMILES string of the molecule is CCS(=O)(=O)c1cc(C(F)(F)F)ccc1-c1cn[nH]c1.